The lowest BCUT2D eigenvalue weighted by Gasteiger charge is -2.24. The van der Waals surface area contributed by atoms with Crippen LogP contribution in [0.4, 0.5) is 11.4 Å². The van der Waals surface area contributed by atoms with E-state index in [1.165, 1.54) is 12.1 Å². The van der Waals surface area contributed by atoms with Crippen LogP contribution < -0.4 is 11.1 Å². The van der Waals surface area contributed by atoms with Crippen molar-refractivity contribution in [3.63, 3.8) is 0 Å². The van der Waals surface area contributed by atoms with Crippen LogP contribution >= 0.6 is 0 Å². The monoisotopic (exact) mass is 332 g/mol. The van der Waals surface area contributed by atoms with E-state index in [2.05, 4.69) is 5.32 Å². The van der Waals surface area contributed by atoms with E-state index in [1.807, 2.05) is 12.1 Å². The Morgan fingerprint density at radius 1 is 1.09 bits per heavy atom. The van der Waals surface area contributed by atoms with Crippen molar-refractivity contribution in [3.8, 4) is 0 Å². The minimum atomic E-state index is -3.32. The fourth-order valence-electron chi connectivity index (χ4n) is 2.12. The van der Waals surface area contributed by atoms with Crippen LogP contribution in [0, 0.1) is 0 Å². The van der Waals surface area contributed by atoms with Gasteiger partial charge in [0, 0.05) is 17.6 Å². The third-order valence-electron chi connectivity index (χ3n) is 3.72. The predicted molar refractivity (Wildman–Crippen MR) is 92.1 cm³/mol. The zero-order chi connectivity index (χ0) is 17.3. The first-order valence-corrected chi connectivity index (χ1v) is 8.97. The molecule has 23 heavy (non-hydrogen) atoms. The first-order chi connectivity index (χ1) is 10.6. The Hall–Kier alpha value is -2.34. The molecule has 0 unspecified atom stereocenters. The number of carbonyl (C=O) groups is 1. The maximum absolute atomic E-state index is 12.6. The predicted octanol–water partition coefficient (Wildman–Crippen LogP) is 2.59. The second kappa shape index (κ2) is 6.04. The Bertz CT molecular complexity index is 825. The molecule has 0 aromatic heterocycles. The van der Waals surface area contributed by atoms with Crippen molar-refractivity contribution < 1.29 is 13.2 Å². The van der Waals surface area contributed by atoms with Gasteiger partial charge >= 0.3 is 0 Å². The van der Waals surface area contributed by atoms with Crippen LogP contribution in [0.15, 0.2) is 53.4 Å². The molecule has 5 nitrogen and oxygen atoms in total. The number of nitrogen functional groups attached to an aromatic ring is 1. The summed E-state index contributed by atoms with van der Waals surface area (Å²) in [5, 5.41) is 2.77. The average molecular weight is 332 g/mol. The van der Waals surface area contributed by atoms with Crippen LogP contribution in [0.2, 0.25) is 0 Å². The molecule has 0 fully saturated rings. The number of carbonyl (C=O) groups excluding carboxylic acids is 1. The summed E-state index contributed by atoms with van der Waals surface area (Å²) in [5.41, 5.74) is 6.79. The first-order valence-electron chi connectivity index (χ1n) is 7.08. The summed E-state index contributed by atoms with van der Waals surface area (Å²) in [5.74, 6) is -0.229. The van der Waals surface area contributed by atoms with Gasteiger partial charge in [0.2, 0.25) is 5.91 Å². The highest BCUT2D eigenvalue weighted by Crippen LogP contribution is 2.26. The summed E-state index contributed by atoms with van der Waals surface area (Å²) in [7, 11) is -3.32. The van der Waals surface area contributed by atoms with Crippen molar-refractivity contribution in [2.24, 2.45) is 0 Å². The smallest absolute Gasteiger partial charge is 0.234 e. The standard InChI is InChI=1S/C17H20N2O3S/c1-17(2,12-7-9-13(18)10-8-12)16(20)19-14-5-4-6-15(11-14)23(3,21)22/h4-11H,18H2,1-3H3,(H,19,20). The Morgan fingerprint density at radius 3 is 2.26 bits per heavy atom. The van der Waals surface area contributed by atoms with Crippen LogP contribution in [0.25, 0.3) is 0 Å². The molecule has 3 N–H and O–H groups in total. The normalized spacial score (nSPS) is 12.0. The summed E-state index contributed by atoms with van der Waals surface area (Å²) < 4.78 is 23.2. The van der Waals surface area contributed by atoms with Crippen LogP contribution in [0.1, 0.15) is 19.4 Å². The molecule has 0 bridgehead atoms. The van der Waals surface area contributed by atoms with E-state index in [0.29, 0.717) is 11.4 Å². The van der Waals surface area contributed by atoms with Crippen molar-refractivity contribution in [3.05, 3.63) is 54.1 Å². The molecule has 122 valence electrons. The lowest BCUT2D eigenvalue weighted by molar-refractivity contribution is -0.120. The SMILES string of the molecule is CC(C)(C(=O)Nc1cccc(S(C)(=O)=O)c1)c1ccc(N)cc1. The van der Waals surface area contributed by atoms with Gasteiger partial charge in [-0.2, -0.15) is 0 Å². The first kappa shape index (κ1) is 17.0. The molecule has 0 saturated heterocycles. The number of sulfone groups is 1. The van der Waals surface area contributed by atoms with Gasteiger partial charge in [-0.25, -0.2) is 8.42 Å². The molecular formula is C17H20N2O3S. The van der Waals surface area contributed by atoms with E-state index in [4.69, 9.17) is 5.73 Å². The molecule has 6 heteroatoms. The van der Waals surface area contributed by atoms with E-state index in [1.54, 1.807) is 38.1 Å². The summed E-state index contributed by atoms with van der Waals surface area (Å²) in [6, 6.07) is 13.3. The lowest BCUT2D eigenvalue weighted by Crippen LogP contribution is -2.34. The van der Waals surface area contributed by atoms with Crippen molar-refractivity contribution in [1.82, 2.24) is 0 Å². The van der Waals surface area contributed by atoms with Gasteiger partial charge in [-0.1, -0.05) is 18.2 Å². The van der Waals surface area contributed by atoms with Crippen molar-refractivity contribution in [2.75, 3.05) is 17.3 Å². The van der Waals surface area contributed by atoms with Gasteiger partial charge in [0.25, 0.3) is 0 Å². The minimum absolute atomic E-state index is 0.167. The van der Waals surface area contributed by atoms with Crippen molar-refractivity contribution in [2.45, 2.75) is 24.2 Å². The molecular weight excluding hydrogens is 312 g/mol. The summed E-state index contributed by atoms with van der Waals surface area (Å²) in [6.07, 6.45) is 1.13. The van der Waals surface area contributed by atoms with Gasteiger partial charge in [-0.3, -0.25) is 4.79 Å². The third kappa shape index (κ3) is 3.90. The molecule has 0 saturated carbocycles. The van der Waals surface area contributed by atoms with Gasteiger partial charge in [-0.05, 0) is 49.7 Å². The molecule has 1 amide bonds. The third-order valence-corrected chi connectivity index (χ3v) is 4.83. The van der Waals surface area contributed by atoms with Crippen LogP contribution in [0.3, 0.4) is 0 Å². The number of anilines is 2. The molecule has 0 heterocycles. The number of hydrogen-bond acceptors (Lipinski definition) is 4. The maximum atomic E-state index is 12.6. The number of rotatable bonds is 4. The van der Waals surface area contributed by atoms with Gasteiger partial charge in [-0.15, -0.1) is 0 Å². The van der Waals surface area contributed by atoms with Crippen LogP contribution in [0.5, 0.6) is 0 Å². The average Bonchev–Trinajstić information content (AvgIpc) is 2.47. The second-order valence-corrected chi connectivity index (χ2v) is 8.02. The van der Waals surface area contributed by atoms with Gasteiger partial charge < -0.3 is 11.1 Å². The van der Waals surface area contributed by atoms with E-state index < -0.39 is 15.3 Å². The zero-order valence-corrected chi connectivity index (χ0v) is 14.1. The molecule has 2 rings (SSSR count). The zero-order valence-electron chi connectivity index (χ0n) is 13.3. The van der Waals surface area contributed by atoms with Crippen molar-refractivity contribution in [1.29, 1.82) is 0 Å². The largest absolute Gasteiger partial charge is 0.399 e. The fraction of sp³-hybridized carbons (Fsp3) is 0.235. The molecule has 0 aliphatic rings. The Morgan fingerprint density at radius 2 is 1.70 bits per heavy atom. The number of nitrogens with two attached hydrogens (primary N) is 1. The lowest BCUT2D eigenvalue weighted by atomic mass is 9.83. The Kier molecular flexibility index (Phi) is 4.47. The summed E-state index contributed by atoms with van der Waals surface area (Å²) >= 11 is 0. The van der Waals surface area contributed by atoms with E-state index >= 15 is 0 Å². The molecule has 0 atom stereocenters. The van der Waals surface area contributed by atoms with E-state index in [9.17, 15) is 13.2 Å². The molecule has 0 radical (unpaired) electrons. The quantitative estimate of drug-likeness (QED) is 0.842. The van der Waals surface area contributed by atoms with Gasteiger partial charge in [0.1, 0.15) is 0 Å². The second-order valence-electron chi connectivity index (χ2n) is 6.00. The maximum Gasteiger partial charge on any atom is 0.234 e. The van der Waals surface area contributed by atoms with Gasteiger partial charge in [0.05, 0.1) is 10.3 Å². The Labute approximate surface area is 136 Å². The topological polar surface area (TPSA) is 89.3 Å². The highest BCUT2D eigenvalue weighted by atomic mass is 32.2. The summed E-state index contributed by atoms with van der Waals surface area (Å²) in [6.45, 7) is 3.60. The number of benzene rings is 2. The highest BCUT2D eigenvalue weighted by Gasteiger charge is 2.29. The number of hydrogen-bond donors (Lipinski definition) is 2. The van der Waals surface area contributed by atoms with E-state index in [-0.39, 0.29) is 10.8 Å². The highest BCUT2D eigenvalue weighted by molar-refractivity contribution is 7.90. The molecule has 0 spiro atoms. The van der Waals surface area contributed by atoms with Crippen LogP contribution in [-0.4, -0.2) is 20.6 Å². The van der Waals surface area contributed by atoms with Crippen LogP contribution in [-0.2, 0) is 20.0 Å². The molecule has 0 aliphatic heterocycles. The Balaban J connectivity index is 2.26. The summed E-state index contributed by atoms with van der Waals surface area (Å²) in [4.78, 5) is 12.8. The minimum Gasteiger partial charge on any atom is -0.399 e. The van der Waals surface area contributed by atoms with Gasteiger partial charge in [0.15, 0.2) is 9.84 Å². The number of amides is 1. The molecule has 0 aliphatic carbocycles. The fourth-order valence-corrected chi connectivity index (χ4v) is 2.79. The number of nitrogens with one attached hydrogen (secondary N) is 1. The van der Waals surface area contributed by atoms with Crippen molar-refractivity contribution >= 4 is 27.1 Å². The molecule has 2 aromatic carbocycles. The molecule has 2 aromatic rings. The van der Waals surface area contributed by atoms with E-state index in [0.717, 1.165) is 11.8 Å².